The first kappa shape index (κ1) is 18.6. The summed E-state index contributed by atoms with van der Waals surface area (Å²) >= 11 is 1.36. The Hall–Kier alpha value is -3.79. The molecule has 10 heteroatoms. The van der Waals surface area contributed by atoms with Gasteiger partial charge in [-0.3, -0.25) is 20.2 Å². The molecule has 4 aromatic rings. The average molecular weight is 409 g/mol. The van der Waals surface area contributed by atoms with Gasteiger partial charge in [0.2, 0.25) is 4.96 Å². The van der Waals surface area contributed by atoms with E-state index in [1.807, 2.05) is 12.3 Å². The molecule has 0 radical (unpaired) electrons. The van der Waals surface area contributed by atoms with Crippen LogP contribution < -0.4 is 10.1 Å². The summed E-state index contributed by atoms with van der Waals surface area (Å²) in [6, 6.07) is 13.0. The first-order valence-corrected chi connectivity index (χ1v) is 9.56. The highest BCUT2D eigenvalue weighted by molar-refractivity contribution is 7.15. The number of thiazole rings is 1. The Balaban J connectivity index is 1.58. The summed E-state index contributed by atoms with van der Waals surface area (Å²) < 4.78 is 7.01. The minimum atomic E-state index is -0.448. The van der Waals surface area contributed by atoms with Crippen LogP contribution in [0.4, 0.5) is 11.6 Å². The summed E-state index contributed by atoms with van der Waals surface area (Å²) in [5, 5.41) is 19.7. The van der Waals surface area contributed by atoms with Crippen molar-refractivity contribution in [1.29, 1.82) is 0 Å². The lowest BCUT2D eigenvalue weighted by molar-refractivity contribution is -0.384. The number of amides is 1. The Labute approximate surface area is 168 Å². The van der Waals surface area contributed by atoms with Gasteiger partial charge in [0.05, 0.1) is 17.2 Å². The van der Waals surface area contributed by atoms with Crippen LogP contribution in [0.15, 0.2) is 53.9 Å². The number of rotatable bonds is 6. The highest BCUT2D eigenvalue weighted by Gasteiger charge is 2.15. The monoisotopic (exact) mass is 409 g/mol. The third-order valence-electron chi connectivity index (χ3n) is 4.09. The molecule has 0 atom stereocenters. The van der Waals surface area contributed by atoms with Gasteiger partial charge < -0.3 is 4.74 Å². The van der Waals surface area contributed by atoms with E-state index in [9.17, 15) is 14.9 Å². The Morgan fingerprint density at radius 3 is 2.79 bits per heavy atom. The normalized spacial score (nSPS) is 10.8. The molecule has 2 heterocycles. The average Bonchev–Trinajstić information content (AvgIpc) is 3.28. The fourth-order valence-electron chi connectivity index (χ4n) is 2.75. The number of hydrogen-bond donors (Lipinski definition) is 1. The topological polar surface area (TPSA) is 112 Å². The van der Waals surface area contributed by atoms with Gasteiger partial charge in [0.25, 0.3) is 17.5 Å². The zero-order valence-electron chi connectivity index (χ0n) is 15.2. The van der Waals surface area contributed by atoms with E-state index >= 15 is 0 Å². The van der Waals surface area contributed by atoms with Crippen molar-refractivity contribution in [3.8, 4) is 17.0 Å². The molecule has 1 N–H and O–H groups in total. The van der Waals surface area contributed by atoms with Crippen LogP contribution in [-0.4, -0.2) is 32.0 Å². The zero-order valence-corrected chi connectivity index (χ0v) is 16.0. The van der Waals surface area contributed by atoms with E-state index in [2.05, 4.69) is 15.4 Å². The minimum Gasteiger partial charge on any atom is -0.494 e. The van der Waals surface area contributed by atoms with Crippen LogP contribution in [0.3, 0.4) is 0 Å². The van der Waals surface area contributed by atoms with E-state index in [0.717, 1.165) is 11.3 Å². The lowest BCUT2D eigenvalue weighted by Crippen LogP contribution is -2.13. The van der Waals surface area contributed by atoms with Gasteiger partial charge in [-0.25, -0.2) is 4.52 Å². The lowest BCUT2D eigenvalue weighted by Gasteiger charge is -2.05. The molecule has 0 bridgehead atoms. The molecule has 0 aliphatic heterocycles. The maximum atomic E-state index is 12.5. The number of ether oxygens (including phenoxy) is 1. The van der Waals surface area contributed by atoms with Crippen LogP contribution in [0.25, 0.3) is 16.2 Å². The summed E-state index contributed by atoms with van der Waals surface area (Å²) in [4.78, 5) is 27.8. The number of nitrogens with zero attached hydrogens (tertiary/aromatic N) is 4. The zero-order chi connectivity index (χ0) is 20.4. The minimum absolute atomic E-state index is 0.0149. The number of fused-ring (bicyclic) bond motifs is 1. The molecular weight excluding hydrogens is 394 g/mol. The van der Waals surface area contributed by atoms with Crippen molar-refractivity contribution in [3.05, 3.63) is 69.6 Å². The first-order valence-electron chi connectivity index (χ1n) is 8.68. The van der Waals surface area contributed by atoms with Crippen LogP contribution in [0.2, 0.25) is 0 Å². The van der Waals surface area contributed by atoms with Gasteiger partial charge in [0, 0.05) is 28.6 Å². The molecule has 2 aromatic carbocycles. The van der Waals surface area contributed by atoms with Gasteiger partial charge in [-0.2, -0.15) is 4.98 Å². The summed E-state index contributed by atoms with van der Waals surface area (Å²) in [5.41, 5.74) is 1.94. The van der Waals surface area contributed by atoms with Crippen LogP contribution >= 0.6 is 11.3 Å². The third-order valence-corrected chi connectivity index (χ3v) is 4.90. The third kappa shape index (κ3) is 3.78. The van der Waals surface area contributed by atoms with Gasteiger partial charge in [0.1, 0.15) is 5.75 Å². The molecule has 1 amide bonds. The molecule has 0 fully saturated rings. The molecule has 0 aliphatic carbocycles. The van der Waals surface area contributed by atoms with Gasteiger partial charge in [-0.15, -0.1) is 16.4 Å². The number of carbonyl (C=O) groups is 1. The molecule has 2 aromatic heterocycles. The maximum absolute atomic E-state index is 12.5. The van der Waals surface area contributed by atoms with Crippen LogP contribution in [0.5, 0.6) is 5.75 Å². The fourth-order valence-corrected chi connectivity index (χ4v) is 3.59. The number of benzene rings is 2. The summed E-state index contributed by atoms with van der Waals surface area (Å²) in [7, 11) is 0. The number of aromatic nitrogens is 3. The van der Waals surface area contributed by atoms with Gasteiger partial charge in [0.15, 0.2) is 0 Å². The smallest absolute Gasteiger partial charge is 0.269 e. The lowest BCUT2D eigenvalue weighted by atomic mass is 10.1. The molecule has 29 heavy (non-hydrogen) atoms. The first-order chi connectivity index (χ1) is 14.0. The second-order valence-corrected chi connectivity index (χ2v) is 6.81. The number of non-ortho nitro benzene ring substituents is 1. The molecular formula is C19H15N5O4S. The van der Waals surface area contributed by atoms with Crippen LogP contribution in [0.1, 0.15) is 17.3 Å². The van der Waals surface area contributed by atoms with Crippen LogP contribution in [0, 0.1) is 10.1 Å². The summed E-state index contributed by atoms with van der Waals surface area (Å²) in [5.74, 6) is 0.438. The molecule has 9 nitrogen and oxygen atoms in total. The van der Waals surface area contributed by atoms with Crippen molar-refractivity contribution in [2.24, 2.45) is 0 Å². The molecule has 0 aliphatic rings. The molecule has 0 saturated heterocycles. The second kappa shape index (κ2) is 7.68. The van der Waals surface area contributed by atoms with Crippen molar-refractivity contribution in [2.45, 2.75) is 6.92 Å². The van der Waals surface area contributed by atoms with Crippen molar-refractivity contribution in [1.82, 2.24) is 14.6 Å². The highest BCUT2D eigenvalue weighted by atomic mass is 32.1. The van der Waals surface area contributed by atoms with Crippen molar-refractivity contribution >= 4 is 33.8 Å². The Kier molecular flexibility index (Phi) is 4.92. The predicted octanol–water partition coefficient (Wildman–Crippen LogP) is 4.02. The van der Waals surface area contributed by atoms with Crippen LogP contribution in [-0.2, 0) is 0 Å². The van der Waals surface area contributed by atoms with Crippen molar-refractivity contribution < 1.29 is 14.5 Å². The van der Waals surface area contributed by atoms with Gasteiger partial charge >= 0.3 is 0 Å². The quantitative estimate of drug-likeness (QED) is 0.380. The van der Waals surface area contributed by atoms with Crippen molar-refractivity contribution in [3.63, 3.8) is 0 Å². The number of hydrogen-bond acceptors (Lipinski definition) is 7. The standard InChI is InChI=1S/C19H15N5O4S/c1-2-28-15-5-3-4-13(10-15)17(25)20-18-21-19-23(22-18)16(11-29-19)12-6-8-14(9-7-12)24(26)27/h3-11H,2H2,1H3,(H,20,22,25). The van der Waals surface area contributed by atoms with E-state index in [-0.39, 0.29) is 17.5 Å². The van der Waals surface area contributed by atoms with Gasteiger partial charge in [-0.1, -0.05) is 6.07 Å². The number of anilines is 1. The molecule has 0 saturated carbocycles. The number of nitrogens with one attached hydrogen (secondary N) is 1. The molecule has 4 rings (SSSR count). The molecule has 0 unspecified atom stereocenters. The van der Waals surface area contributed by atoms with E-state index in [1.165, 1.54) is 23.5 Å². The molecule has 146 valence electrons. The highest BCUT2D eigenvalue weighted by Crippen LogP contribution is 2.27. The van der Waals surface area contributed by atoms with E-state index in [0.29, 0.717) is 22.9 Å². The number of nitro groups is 1. The Morgan fingerprint density at radius 2 is 2.07 bits per heavy atom. The van der Waals surface area contributed by atoms with E-state index in [4.69, 9.17) is 4.74 Å². The number of carbonyl (C=O) groups excluding carboxylic acids is 1. The maximum Gasteiger partial charge on any atom is 0.269 e. The SMILES string of the molecule is CCOc1cccc(C(=O)Nc2nc3scc(-c4ccc([N+](=O)[O-])cc4)n3n2)c1. The summed E-state index contributed by atoms with van der Waals surface area (Å²) in [6.45, 7) is 2.38. The number of nitro benzene ring substituents is 1. The van der Waals surface area contributed by atoms with E-state index < -0.39 is 4.92 Å². The van der Waals surface area contributed by atoms with Crippen molar-refractivity contribution in [2.75, 3.05) is 11.9 Å². The fraction of sp³-hybridized carbons (Fsp3) is 0.105. The van der Waals surface area contributed by atoms with E-state index in [1.54, 1.807) is 40.9 Å². The Morgan fingerprint density at radius 1 is 1.28 bits per heavy atom. The van der Waals surface area contributed by atoms with Gasteiger partial charge in [-0.05, 0) is 37.3 Å². The molecule has 0 spiro atoms. The predicted molar refractivity (Wildman–Crippen MR) is 109 cm³/mol. The Bertz CT molecular complexity index is 1200. The summed E-state index contributed by atoms with van der Waals surface area (Å²) in [6.07, 6.45) is 0. The second-order valence-electron chi connectivity index (χ2n) is 5.97. The largest absolute Gasteiger partial charge is 0.494 e.